The molecule has 0 bridgehead atoms. The summed E-state index contributed by atoms with van der Waals surface area (Å²) < 4.78 is 11.3. The Morgan fingerprint density at radius 3 is 2.65 bits per heavy atom. The largest absolute Gasteiger partial charge is 0.493 e. The minimum absolute atomic E-state index is 0.414. The summed E-state index contributed by atoms with van der Waals surface area (Å²) in [5, 5.41) is 1.18. The molecule has 6 nitrogen and oxygen atoms in total. The van der Waals surface area contributed by atoms with Gasteiger partial charge in [0.15, 0.2) is 11.5 Å². The molecule has 1 aliphatic heterocycles. The summed E-state index contributed by atoms with van der Waals surface area (Å²) in [5.74, 6) is 1.33. The Labute approximate surface area is 141 Å². The van der Waals surface area contributed by atoms with Gasteiger partial charge in [0, 0.05) is 44.2 Å². The summed E-state index contributed by atoms with van der Waals surface area (Å²) in [6, 6.07) is 3.68. The van der Waals surface area contributed by atoms with Crippen molar-refractivity contribution in [3.8, 4) is 11.5 Å². The first-order chi connectivity index (χ1) is 11.2. The van der Waals surface area contributed by atoms with Gasteiger partial charge in [-0.2, -0.15) is 0 Å². The van der Waals surface area contributed by atoms with Crippen LogP contribution in [-0.2, 0) is 0 Å². The van der Waals surface area contributed by atoms with Gasteiger partial charge in [0.05, 0.1) is 12.6 Å². The van der Waals surface area contributed by atoms with Crippen LogP contribution in [0.4, 0.5) is 0 Å². The van der Waals surface area contributed by atoms with E-state index in [2.05, 4.69) is 26.8 Å². The van der Waals surface area contributed by atoms with Gasteiger partial charge < -0.3 is 14.4 Å². The maximum Gasteiger partial charge on any atom is 0.163 e. The van der Waals surface area contributed by atoms with Crippen LogP contribution in [-0.4, -0.2) is 73.3 Å². The van der Waals surface area contributed by atoms with E-state index >= 15 is 0 Å². The number of halogens is 1. The van der Waals surface area contributed by atoms with Crippen molar-refractivity contribution in [2.75, 3.05) is 53.5 Å². The maximum absolute atomic E-state index is 6.10. The van der Waals surface area contributed by atoms with Crippen molar-refractivity contribution in [3.05, 3.63) is 23.6 Å². The smallest absolute Gasteiger partial charge is 0.163 e. The Bertz CT molecular complexity index is 674. The maximum atomic E-state index is 6.10. The molecule has 0 spiro atoms. The topological polar surface area (TPSA) is 50.7 Å². The zero-order valence-electron chi connectivity index (χ0n) is 13.5. The predicted molar refractivity (Wildman–Crippen MR) is 90.5 cm³/mol. The highest BCUT2D eigenvalue weighted by Crippen LogP contribution is 2.33. The third-order valence-corrected chi connectivity index (χ3v) is 4.43. The fourth-order valence-electron chi connectivity index (χ4n) is 2.66. The van der Waals surface area contributed by atoms with Crippen LogP contribution >= 0.6 is 11.6 Å². The van der Waals surface area contributed by atoms with Crippen molar-refractivity contribution in [2.24, 2.45) is 0 Å². The number of rotatable bonds is 5. The average Bonchev–Trinajstić information content (AvgIpc) is 2.56. The van der Waals surface area contributed by atoms with Crippen molar-refractivity contribution < 1.29 is 9.47 Å². The van der Waals surface area contributed by atoms with Crippen LogP contribution in [0.3, 0.4) is 0 Å². The molecule has 0 amide bonds. The summed E-state index contributed by atoms with van der Waals surface area (Å²) >= 11 is 6.10. The molecule has 0 aliphatic carbocycles. The SMILES string of the molecule is COc1cc2c(Cl)ncnc2cc1OCCN1CCN(C)CC1. The van der Waals surface area contributed by atoms with Gasteiger partial charge in [-0.05, 0) is 13.1 Å². The van der Waals surface area contributed by atoms with Crippen LogP contribution in [0.2, 0.25) is 5.15 Å². The highest BCUT2D eigenvalue weighted by molar-refractivity contribution is 6.34. The number of hydrogen-bond acceptors (Lipinski definition) is 6. The van der Waals surface area contributed by atoms with E-state index in [-0.39, 0.29) is 0 Å². The van der Waals surface area contributed by atoms with Crippen molar-refractivity contribution in [1.82, 2.24) is 19.8 Å². The first-order valence-corrected chi connectivity index (χ1v) is 8.07. The second-order valence-corrected chi connectivity index (χ2v) is 6.04. The van der Waals surface area contributed by atoms with Gasteiger partial charge in [-0.25, -0.2) is 9.97 Å². The van der Waals surface area contributed by atoms with E-state index in [1.807, 2.05) is 12.1 Å². The molecule has 2 aromatic rings. The predicted octanol–water partition coefficient (Wildman–Crippen LogP) is 1.92. The summed E-state index contributed by atoms with van der Waals surface area (Å²) in [6.07, 6.45) is 1.45. The molecule has 0 radical (unpaired) electrons. The molecule has 3 rings (SSSR count). The first-order valence-electron chi connectivity index (χ1n) is 7.69. The first kappa shape index (κ1) is 16.2. The van der Waals surface area contributed by atoms with Crippen LogP contribution in [0.1, 0.15) is 0 Å². The number of piperazine rings is 1. The second-order valence-electron chi connectivity index (χ2n) is 5.68. The molecule has 1 fully saturated rings. The third-order valence-electron chi connectivity index (χ3n) is 4.13. The zero-order valence-corrected chi connectivity index (χ0v) is 14.2. The Balaban J connectivity index is 1.67. The normalized spacial score (nSPS) is 16.7. The quantitative estimate of drug-likeness (QED) is 0.778. The number of hydrogen-bond donors (Lipinski definition) is 0. The lowest BCUT2D eigenvalue weighted by Gasteiger charge is -2.32. The number of aromatic nitrogens is 2. The van der Waals surface area contributed by atoms with Crippen molar-refractivity contribution in [3.63, 3.8) is 0 Å². The standard InChI is InChI=1S/C16H21ClN4O2/c1-20-3-5-21(6-4-20)7-8-23-15-10-13-12(9-14(15)22-2)16(17)19-11-18-13/h9-11H,3-8H2,1-2H3. The van der Waals surface area contributed by atoms with Gasteiger partial charge in [-0.1, -0.05) is 11.6 Å². The monoisotopic (exact) mass is 336 g/mol. The molecular formula is C16H21ClN4O2. The van der Waals surface area contributed by atoms with Gasteiger partial charge in [-0.3, -0.25) is 4.90 Å². The van der Waals surface area contributed by atoms with Gasteiger partial charge in [-0.15, -0.1) is 0 Å². The average molecular weight is 337 g/mol. The molecule has 0 unspecified atom stereocenters. The van der Waals surface area contributed by atoms with Crippen LogP contribution in [0, 0.1) is 0 Å². The number of ether oxygens (including phenoxy) is 2. The number of nitrogens with zero attached hydrogens (tertiary/aromatic N) is 4. The summed E-state index contributed by atoms with van der Waals surface area (Å²) in [4.78, 5) is 13.0. The van der Waals surface area contributed by atoms with E-state index in [9.17, 15) is 0 Å². The fourth-order valence-corrected chi connectivity index (χ4v) is 2.86. The van der Waals surface area contributed by atoms with Gasteiger partial charge in [0.2, 0.25) is 0 Å². The lowest BCUT2D eigenvalue weighted by molar-refractivity contribution is 0.133. The lowest BCUT2D eigenvalue weighted by Crippen LogP contribution is -2.45. The van der Waals surface area contributed by atoms with Crippen LogP contribution in [0.5, 0.6) is 11.5 Å². The van der Waals surface area contributed by atoms with Crippen LogP contribution < -0.4 is 9.47 Å². The number of likely N-dealkylation sites (N-methyl/N-ethyl adjacent to an activating group) is 1. The molecule has 1 aromatic carbocycles. The molecule has 1 aliphatic rings. The fraction of sp³-hybridized carbons (Fsp3) is 0.500. The number of benzene rings is 1. The molecule has 124 valence electrons. The van der Waals surface area contributed by atoms with Gasteiger partial charge >= 0.3 is 0 Å². The lowest BCUT2D eigenvalue weighted by atomic mass is 10.2. The van der Waals surface area contributed by atoms with Crippen LogP contribution in [0.15, 0.2) is 18.5 Å². The molecule has 2 heterocycles. The highest BCUT2D eigenvalue weighted by Gasteiger charge is 2.14. The molecule has 0 saturated carbocycles. The van der Waals surface area contributed by atoms with Crippen LogP contribution in [0.25, 0.3) is 10.9 Å². The van der Waals surface area contributed by atoms with E-state index in [1.165, 1.54) is 6.33 Å². The number of fused-ring (bicyclic) bond motifs is 1. The molecule has 1 saturated heterocycles. The minimum atomic E-state index is 0.414. The Morgan fingerprint density at radius 1 is 1.13 bits per heavy atom. The molecule has 0 N–H and O–H groups in total. The molecule has 23 heavy (non-hydrogen) atoms. The zero-order chi connectivity index (χ0) is 16.2. The van der Waals surface area contributed by atoms with E-state index < -0.39 is 0 Å². The number of methoxy groups -OCH3 is 1. The minimum Gasteiger partial charge on any atom is -0.493 e. The summed E-state index contributed by atoms with van der Waals surface area (Å²) in [7, 11) is 3.77. The third kappa shape index (κ3) is 3.83. The van der Waals surface area contributed by atoms with Gasteiger partial charge in [0.25, 0.3) is 0 Å². The molecular weight excluding hydrogens is 316 g/mol. The van der Waals surface area contributed by atoms with Gasteiger partial charge in [0.1, 0.15) is 18.1 Å². The van der Waals surface area contributed by atoms with E-state index in [0.717, 1.165) is 43.6 Å². The van der Waals surface area contributed by atoms with E-state index in [4.69, 9.17) is 21.1 Å². The Hall–Kier alpha value is -1.63. The molecule has 0 atom stereocenters. The van der Waals surface area contributed by atoms with Crippen molar-refractivity contribution in [2.45, 2.75) is 0 Å². The van der Waals surface area contributed by atoms with E-state index in [1.54, 1.807) is 7.11 Å². The second kappa shape index (κ2) is 7.29. The summed E-state index contributed by atoms with van der Waals surface area (Å²) in [5.41, 5.74) is 0.750. The molecule has 1 aromatic heterocycles. The van der Waals surface area contributed by atoms with Crippen molar-refractivity contribution in [1.29, 1.82) is 0 Å². The van der Waals surface area contributed by atoms with Crippen molar-refractivity contribution >= 4 is 22.5 Å². The highest BCUT2D eigenvalue weighted by atomic mass is 35.5. The Kier molecular flexibility index (Phi) is 5.15. The van der Waals surface area contributed by atoms with E-state index in [0.29, 0.717) is 23.3 Å². The molecule has 7 heteroatoms. The summed E-state index contributed by atoms with van der Waals surface area (Å²) in [6.45, 7) is 5.89. The Morgan fingerprint density at radius 2 is 1.91 bits per heavy atom.